The Kier molecular flexibility index (Phi) is 4.20. The van der Waals surface area contributed by atoms with Crippen LogP contribution in [0.1, 0.15) is 24.1 Å². The van der Waals surface area contributed by atoms with E-state index >= 15 is 0 Å². The fourth-order valence-corrected chi connectivity index (χ4v) is 2.47. The lowest BCUT2D eigenvalue weighted by Gasteiger charge is -2.19. The fourth-order valence-electron chi connectivity index (χ4n) is 2.47. The third-order valence-electron chi connectivity index (χ3n) is 3.38. The first kappa shape index (κ1) is 12.9. The maximum Gasteiger partial charge on any atom is 0.315 e. The van der Waals surface area contributed by atoms with Crippen molar-refractivity contribution in [3.63, 3.8) is 0 Å². The molecule has 1 aliphatic carbocycles. The number of rotatable bonds is 4. The SMILES string of the molecule is COCCNC(=O)NC1c2ccccc2CC1C. The predicted molar refractivity (Wildman–Crippen MR) is 70.5 cm³/mol. The zero-order valence-electron chi connectivity index (χ0n) is 10.9. The van der Waals surface area contributed by atoms with Crippen LogP contribution in [0, 0.1) is 5.92 Å². The number of hydrogen-bond acceptors (Lipinski definition) is 2. The van der Waals surface area contributed by atoms with Gasteiger partial charge in [0.2, 0.25) is 0 Å². The van der Waals surface area contributed by atoms with E-state index in [-0.39, 0.29) is 12.1 Å². The first-order chi connectivity index (χ1) is 8.72. The Morgan fingerprint density at radius 3 is 3.00 bits per heavy atom. The van der Waals surface area contributed by atoms with Gasteiger partial charge in [-0.15, -0.1) is 0 Å². The van der Waals surface area contributed by atoms with Gasteiger partial charge in [0.15, 0.2) is 0 Å². The molecule has 2 N–H and O–H groups in total. The number of amides is 2. The lowest BCUT2D eigenvalue weighted by atomic mass is 10.0. The van der Waals surface area contributed by atoms with Crippen molar-refractivity contribution in [2.24, 2.45) is 5.92 Å². The standard InChI is InChI=1S/C14H20N2O2/c1-10-9-11-5-3-4-6-12(11)13(10)16-14(17)15-7-8-18-2/h3-6,10,13H,7-9H2,1-2H3,(H2,15,16,17). The molecule has 2 amide bonds. The Morgan fingerprint density at radius 2 is 2.22 bits per heavy atom. The number of fused-ring (bicyclic) bond motifs is 1. The Bertz CT molecular complexity index is 420. The minimum atomic E-state index is -0.124. The van der Waals surface area contributed by atoms with E-state index < -0.39 is 0 Å². The number of methoxy groups -OCH3 is 1. The molecule has 0 bridgehead atoms. The molecular formula is C14H20N2O2. The maximum absolute atomic E-state index is 11.8. The van der Waals surface area contributed by atoms with E-state index in [2.05, 4.69) is 29.7 Å². The smallest absolute Gasteiger partial charge is 0.315 e. The third kappa shape index (κ3) is 2.82. The van der Waals surface area contributed by atoms with Gasteiger partial charge in [0.25, 0.3) is 0 Å². The quantitative estimate of drug-likeness (QED) is 0.799. The average molecular weight is 248 g/mol. The third-order valence-corrected chi connectivity index (χ3v) is 3.38. The van der Waals surface area contributed by atoms with E-state index in [4.69, 9.17) is 4.74 Å². The predicted octanol–water partition coefficient (Wildman–Crippen LogP) is 1.87. The van der Waals surface area contributed by atoms with Crippen LogP contribution in [-0.4, -0.2) is 26.3 Å². The van der Waals surface area contributed by atoms with Crippen LogP contribution in [-0.2, 0) is 11.2 Å². The van der Waals surface area contributed by atoms with Crippen LogP contribution in [0.25, 0.3) is 0 Å². The number of urea groups is 1. The Hall–Kier alpha value is -1.55. The van der Waals surface area contributed by atoms with Crippen molar-refractivity contribution in [3.05, 3.63) is 35.4 Å². The van der Waals surface area contributed by atoms with E-state index in [1.165, 1.54) is 11.1 Å². The first-order valence-electron chi connectivity index (χ1n) is 6.33. The molecular weight excluding hydrogens is 228 g/mol. The maximum atomic E-state index is 11.8. The van der Waals surface area contributed by atoms with Gasteiger partial charge in [0.1, 0.15) is 0 Å². The van der Waals surface area contributed by atoms with Gasteiger partial charge in [-0.25, -0.2) is 4.79 Å². The molecule has 0 fully saturated rings. The summed E-state index contributed by atoms with van der Waals surface area (Å²) in [6, 6.07) is 8.29. The molecule has 2 rings (SSSR count). The number of nitrogens with one attached hydrogen (secondary N) is 2. The lowest BCUT2D eigenvalue weighted by Crippen LogP contribution is -2.40. The second kappa shape index (κ2) is 5.87. The van der Waals surface area contributed by atoms with Crippen LogP contribution in [0.4, 0.5) is 4.79 Å². The van der Waals surface area contributed by atoms with Gasteiger partial charge >= 0.3 is 6.03 Å². The van der Waals surface area contributed by atoms with Crippen molar-refractivity contribution >= 4 is 6.03 Å². The van der Waals surface area contributed by atoms with Crippen LogP contribution in [0.5, 0.6) is 0 Å². The Labute approximate surface area is 108 Å². The zero-order chi connectivity index (χ0) is 13.0. The molecule has 0 saturated heterocycles. The summed E-state index contributed by atoms with van der Waals surface area (Å²) in [4.78, 5) is 11.8. The number of carbonyl (C=O) groups is 1. The molecule has 4 nitrogen and oxygen atoms in total. The molecule has 0 aromatic heterocycles. The first-order valence-corrected chi connectivity index (χ1v) is 6.33. The molecule has 1 aromatic rings. The molecule has 1 aliphatic rings. The summed E-state index contributed by atoms with van der Waals surface area (Å²) in [5, 5.41) is 5.82. The molecule has 2 atom stereocenters. The summed E-state index contributed by atoms with van der Waals surface area (Å²) < 4.78 is 4.90. The van der Waals surface area contributed by atoms with Crippen molar-refractivity contribution in [2.75, 3.05) is 20.3 Å². The normalized spacial score (nSPS) is 21.4. The van der Waals surface area contributed by atoms with Crippen LogP contribution in [0.2, 0.25) is 0 Å². The van der Waals surface area contributed by atoms with Gasteiger partial charge in [-0.3, -0.25) is 0 Å². The second-order valence-corrected chi connectivity index (χ2v) is 4.75. The highest BCUT2D eigenvalue weighted by Crippen LogP contribution is 2.35. The Morgan fingerprint density at radius 1 is 1.44 bits per heavy atom. The molecule has 2 unspecified atom stereocenters. The minimum absolute atomic E-state index is 0.115. The van der Waals surface area contributed by atoms with Crippen LogP contribution in [0.3, 0.4) is 0 Å². The van der Waals surface area contributed by atoms with E-state index in [0.29, 0.717) is 19.1 Å². The molecule has 1 aromatic carbocycles. The summed E-state index contributed by atoms with van der Waals surface area (Å²) in [6.07, 6.45) is 1.03. The van der Waals surface area contributed by atoms with Crippen molar-refractivity contribution in [1.82, 2.24) is 10.6 Å². The summed E-state index contributed by atoms with van der Waals surface area (Å²) in [5.74, 6) is 0.440. The van der Waals surface area contributed by atoms with Gasteiger partial charge in [0, 0.05) is 13.7 Å². The molecule has 0 aliphatic heterocycles. The number of hydrogen-bond donors (Lipinski definition) is 2. The van der Waals surface area contributed by atoms with E-state index in [1.807, 2.05) is 12.1 Å². The summed E-state index contributed by atoms with van der Waals surface area (Å²) in [7, 11) is 1.62. The molecule has 0 radical (unpaired) electrons. The summed E-state index contributed by atoms with van der Waals surface area (Å²) in [6.45, 7) is 3.23. The van der Waals surface area contributed by atoms with E-state index in [0.717, 1.165) is 6.42 Å². The summed E-state index contributed by atoms with van der Waals surface area (Å²) in [5.41, 5.74) is 2.58. The highest BCUT2D eigenvalue weighted by atomic mass is 16.5. The van der Waals surface area contributed by atoms with E-state index in [9.17, 15) is 4.79 Å². The van der Waals surface area contributed by atoms with Gasteiger partial charge in [0.05, 0.1) is 12.6 Å². The lowest BCUT2D eigenvalue weighted by molar-refractivity contribution is 0.194. The molecule has 98 valence electrons. The molecule has 18 heavy (non-hydrogen) atoms. The minimum Gasteiger partial charge on any atom is -0.383 e. The molecule has 0 spiro atoms. The Balaban J connectivity index is 1.95. The van der Waals surface area contributed by atoms with Crippen molar-refractivity contribution in [2.45, 2.75) is 19.4 Å². The largest absolute Gasteiger partial charge is 0.383 e. The van der Waals surface area contributed by atoms with Crippen LogP contribution >= 0.6 is 0 Å². The average Bonchev–Trinajstić information content (AvgIpc) is 2.67. The zero-order valence-corrected chi connectivity index (χ0v) is 10.9. The van der Waals surface area contributed by atoms with Crippen molar-refractivity contribution in [3.8, 4) is 0 Å². The number of carbonyl (C=O) groups excluding carboxylic acids is 1. The van der Waals surface area contributed by atoms with Gasteiger partial charge in [-0.1, -0.05) is 31.2 Å². The molecule has 0 heterocycles. The van der Waals surface area contributed by atoms with Crippen molar-refractivity contribution in [1.29, 1.82) is 0 Å². The van der Waals surface area contributed by atoms with E-state index in [1.54, 1.807) is 7.11 Å². The van der Waals surface area contributed by atoms with Crippen LogP contribution < -0.4 is 10.6 Å². The highest BCUT2D eigenvalue weighted by molar-refractivity contribution is 5.74. The van der Waals surface area contributed by atoms with Gasteiger partial charge in [-0.2, -0.15) is 0 Å². The number of benzene rings is 1. The topological polar surface area (TPSA) is 50.4 Å². The second-order valence-electron chi connectivity index (χ2n) is 4.75. The summed E-state index contributed by atoms with van der Waals surface area (Å²) >= 11 is 0. The number of ether oxygens (including phenoxy) is 1. The molecule has 4 heteroatoms. The molecule has 0 saturated carbocycles. The van der Waals surface area contributed by atoms with Gasteiger partial charge in [-0.05, 0) is 23.5 Å². The fraction of sp³-hybridized carbons (Fsp3) is 0.500. The highest BCUT2D eigenvalue weighted by Gasteiger charge is 2.29. The van der Waals surface area contributed by atoms with Crippen molar-refractivity contribution < 1.29 is 9.53 Å². The van der Waals surface area contributed by atoms with Crippen LogP contribution in [0.15, 0.2) is 24.3 Å². The van der Waals surface area contributed by atoms with Gasteiger partial charge < -0.3 is 15.4 Å². The monoisotopic (exact) mass is 248 g/mol.